The van der Waals surface area contributed by atoms with Crippen molar-refractivity contribution < 1.29 is 19.4 Å². The average molecular weight is 342 g/mol. The number of anilines is 2. The van der Waals surface area contributed by atoms with Crippen LogP contribution in [0.3, 0.4) is 0 Å². The molecular weight excluding hydrogens is 324 g/mol. The Kier molecular flexibility index (Phi) is 5.57. The van der Waals surface area contributed by atoms with Crippen molar-refractivity contribution in [3.05, 3.63) is 53.9 Å². The predicted molar refractivity (Wildman–Crippen MR) is 94.3 cm³/mol. The van der Waals surface area contributed by atoms with E-state index in [-0.39, 0.29) is 11.5 Å². The molecule has 0 aliphatic rings. The number of carbonyl (C=O) groups is 2. The zero-order valence-corrected chi connectivity index (χ0v) is 13.5. The first-order valence-electron chi connectivity index (χ1n) is 7.41. The number of ether oxygens (including phenoxy) is 1. The van der Waals surface area contributed by atoms with Gasteiger partial charge >= 0.3 is 11.9 Å². The molecule has 6 N–H and O–H groups in total. The van der Waals surface area contributed by atoms with E-state index in [1.807, 2.05) is 0 Å². The molecule has 0 spiro atoms. The lowest BCUT2D eigenvalue weighted by Gasteiger charge is -2.03. The molecule has 2 aromatic carbocycles. The highest BCUT2D eigenvalue weighted by Gasteiger charge is 2.07. The van der Waals surface area contributed by atoms with Crippen molar-refractivity contribution in [1.82, 2.24) is 9.97 Å². The Morgan fingerprint density at radius 1 is 1.12 bits per heavy atom. The summed E-state index contributed by atoms with van der Waals surface area (Å²) >= 11 is 0. The van der Waals surface area contributed by atoms with Crippen LogP contribution >= 0.6 is 0 Å². The van der Waals surface area contributed by atoms with Gasteiger partial charge in [-0.25, -0.2) is 14.6 Å². The van der Waals surface area contributed by atoms with Crippen LogP contribution in [0.25, 0.3) is 11.0 Å². The molecule has 0 saturated carbocycles. The minimum absolute atomic E-state index is 0.270. The largest absolute Gasteiger partial charge is 0.478 e. The van der Waals surface area contributed by atoms with Gasteiger partial charge in [0.25, 0.3) is 0 Å². The van der Waals surface area contributed by atoms with Crippen molar-refractivity contribution >= 4 is 34.3 Å². The van der Waals surface area contributed by atoms with E-state index < -0.39 is 5.97 Å². The first-order valence-corrected chi connectivity index (χ1v) is 7.41. The highest BCUT2D eigenvalue weighted by Crippen LogP contribution is 2.16. The van der Waals surface area contributed by atoms with Gasteiger partial charge in [0.2, 0.25) is 0 Å². The summed E-state index contributed by atoms with van der Waals surface area (Å²) in [6, 6.07) is 9.45. The molecule has 0 bridgehead atoms. The average Bonchev–Trinajstić information content (AvgIpc) is 3.05. The molecule has 0 aliphatic carbocycles. The summed E-state index contributed by atoms with van der Waals surface area (Å²) < 4.78 is 4.79. The molecule has 1 heterocycles. The van der Waals surface area contributed by atoms with E-state index in [0.717, 1.165) is 11.0 Å². The lowest BCUT2D eigenvalue weighted by molar-refractivity contribution is 0.0526. The number of H-pyrrole nitrogens is 1. The number of carboxylic acid groups (broad SMARTS) is 1. The Hall–Kier alpha value is -3.55. The third-order valence-corrected chi connectivity index (χ3v) is 3.27. The summed E-state index contributed by atoms with van der Waals surface area (Å²) in [7, 11) is 0. The molecule has 130 valence electrons. The number of nitrogen functional groups attached to an aromatic ring is 2. The number of nitrogens with zero attached hydrogens (tertiary/aromatic N) is 1. The van der Waals surface area contributed by atoms with E-state index in [4.69, 9.17) is 21.3 Å². The molecule has 8 heteroatoms. The number of fused-ring (bicyclic) bond motifs is 1. The number of nitrogens with one attached hydrogen (secondary N) is 1. The standard InChI is InChI=1S/C9H12N2O2.C8H6N2O2/c1-2-13-9(12)6-3-4-7(10)8(11)5-6;11-8(12)5-1-2-6-7(3-5)10-4-9-6/h3-5H,2,10-11H2,1H3;1-4H,(H,9,10)(H,11,12). The molecular formula is C17H18N4O4. The molecule has 1 aromatic heterocycles. The van der Waals surface area contributed by atoms with Gasteiger partial charge in [0.15, 0.2) is 0 Å². The number of esters is 1. The van der Waals surface area contributed by atoms with Gasteiger partial charge in [-0.05, 0) is 43.3 Å². The van der Waals surface area contributed by atoms with E-state index >= 15 is 0 Å². The molecule has 3 rings (SSSR count). The number of nitrogens with two attached hydrogens (primary N) is 2. The fourth-order valence-corrected chi connectivity index (χ4v) is 1.98. The van der Waals surface area contributed by atoms with Crippen LogP contribution in [0.1, 0.15) is 27.6 Å². The van der Waals surface area contributed by atoms with Crippen LogP contribution < -0.4 is 11.5 Å². The van der Waals surface area contributed by atoms with E-state index in [1.54, 1.807) is 31.2 Å². The number of imidazole rings is 1. The van der Waals surface area contributed by atoms with Gasteiger partial charge in [-0.2, -0.15) is 0 Å². The Labute approximate surface area is 143 Å². The second-order valence-electron chi connectivity index (χ2n) is 5.00. The maximum absolute atomic E-state index is 11.2. The van der Waals surface area contributed by atoms with Crippen molar-refractivity contribution in [2.45, 2.75) is 6.92 Å². The van der Waals surface area contributed by atoms with E-state index in [2.05, 4.69) is 9.97 Å². The summed E-state index contributed by atoms with van der Waals surface area (Å²) in [5, 5.41) is 8.65. The van der Waals surface area contributed by atoms with Crippen LogP contribution in [-0.2, 0) is 4.74 Å². The second kappa shape index (κ2) is 7.82. The van der Waals surface area contributed by atoms with Crippen LogP contribution in [0, 0.1) is 0 Å². The fraction of sp³-hybridized carbons (Fsp3) is 0.118. The SMILES string of the molecule is CCOC(=O)c1ccc(N)c(N)c1.O=C(O)c1ccc2nc[nH]c2c1. The number of carbonyl (C=O) groups excluding carboxylic acids is 1. The van der Waals surface area contributed by atoms with Gasteiger partial charge in [-0.3, -0.25) is 0 Å². The summed E-state index contributed by atoms with van der Waals surface area (Å²) in [5.74, 6) is -1.30. The third kappa shape index (κ3) is 4.47. The van der Waals surface area contributed by atoms with Crippen molar-refractivity contribution in [1.29, 1.82) is 0 Å². The Balaban J connectivity index is 0.000000181. The highest BCUT2D eigenvalue weighted by molar-refractivity contribution is 5.92. The van der Waals surface area contributed by atoms with Crippen molar-refractivity contribution in [3.8, 4) is 0 Å². The second-order valence-corrected chi connectivity index (χ2v) is 5.00. The lowest BCUT2D eigenvalue weighted by Crippen LogP contribution is -2.06. The third-order valence-electron chi connectivity index (χ3n) is 3.27. The first kappa shape index (κ1) is 17.8. The van der Waals surface area contributed by atoms with Gasteiger partial charge in [0.1, 0.15) is 0 Å². The van der Waals surface area contributed by atoms with Crippen LogP contribution in [0.15, 0.2) is 42.7 Å². The van der Waals surface area contributed by atoms with Gasteiger partial charge < -0.3 is 26.3 Å². The Bertz CT molecular complexity index is 905. The summed E-state index contributed by atoms with van der Waals surface area (Å²) in [4.78, 5) is 28.5. The monoisotopic (exact) mass is 342 g/mol. The van der Waals surface area contributed by atoms with Gasteiger partial charge in [0.05, 0.1) is 46.5 Å². The molecule has 8 nitrogen and oxygen atoms in total. The number of aromatic amines is 1. The minimum atomic E-state index is -0.925. The van der Waals surface area contributed by atoms with Crippen molar-refractivity contribution in [2.24, 2.45) is 0 Å². The van der Waals surface area contributed by atoms with Gasteiger partial charge in [0, 0.05) is 0 Å². The fourth-order valence-electron chi connectivity index (χ4n) is 1.98. The number of rotatable bonds is 3. The first-order chi connectivity index (χ1) is 11.9. The smallest absolute Gasteiger partial charge is 0.338 e. The predicted octanol–water partition coefficient (Wildman–Crippen LogP) is 2.29. The van der Waals surface area contributed by atoms with E-state index in [9.17, 15) is 9.59 Å². The zero-order valence-electron chi connectivity index (χ0n) is 13.5. The molecule has 0 radical (unpaired) electrons. The molecule has 0 unspecified atom stereocenters. The van der Waals surface area contributed by atoms with Crippen LogP contribution in [0.4, 0.5) is 11.4 Å². The molecule has 25 heavy (non-hydrogen) atoms. The molecule has 0 fully saturated rings. The molecule has 0 aliphatic heterocycles. The molecule has 3 aromatic rings. The van der Waals surface area contributed by atoms with E-state index in [1.165, 1.54) is 18.5 Å². The normalized spacial score (nSPS) is 9.96. The zero-order chi connectivity index (χ0) is 18.4. The van der Waals surface area contributed by atoms with Crippen LogP contribution in [0.2, 0.25) is 0 Å². The van der Waals surface area contributed by atoms with Crippen molar-refractivity contribution in [2.75, 3.05) is 18.1 Å². The minimum Gasteiger partial charge on any atom is -0.478 e. The molecule has 0 atom stereocenters. The summed E-state index contributed by atoms with van der Waals surface area (Å²) in [5.41, 5.74) is 14.1. The summed E-state index contributed by atoms with van der Waals surface area (Å²) in [6.07, 6.45) is 1.54. The molecule has 0 saturated heterocycles. The number of benzene rings is 2. The number of aromatic carboxylic acids is 1. The lowest BCUT2D eigenvalue weighted by atomic mass is 10.2. The quantitative estimate of drug-likeness (QED) is 0.422. The number of hydrogen-bond donors (Lipinski definition) is 4. The maximum Gasteiger partial charge on any atom is 0.338 e. The Morgan fingerprint density at radius 2 is 1.84 bits per heavy atom. The van der Waals surface area contributed by atoms with E-state index in [0.29, 0.717) is 23.5 Å². The van der Waals surface area contributed by atoms with Gasteiger partial charge in [-0.1, -0.05) is 0 Å². The number of carboxylic acids is 1. The molecule has 0 amide bonds. The number of aromatic nitrogens is 2. The number of hydrogen-bond acceptors (Lipinski definition) is 6. The topological polar surface area (TPSA) is 144 Å². The van der Waals surface area contributed by atoms with Crippen molar-refractivity contribution in [3.63, 3.8) is 0 Å². The van der Waals surface area contributed by atoms with Crippen LogP contribution in [0.5, 0.6) is 0 Å². The van der Waals surface area contributed by atoms with Crippen LogP contribution in [-0.4, -0.2) is 33.6 Å². The Morgan fingerprint density at radius 3 is 2.48 bits per heavy atom. The maximum atomic E-state index is 11.2. The van der Waals surface area contributed by atoms with Gasteiger partial charge in [-0.15, -0.1) is 0 Å². The highest BCUT2D eigenvalue weighted by atomic mass is 16.5. The summed E-state index contributed by atoms with van der Waals surface area (Å²) in [6.45, 7) is 2.10.